The lowest BCUT2D eigenvalue weighted by molar-refractivity contribution is -0.145. The van der Waals surface area contributed by atoms with E-state index in [1.54, 1.807) is 6.92 Å². The molecule has 12 heavy (non-hydrogen) atoms. The van der Waals surface area contributed by atoms with E-state index in [1.807, 2.05) is 0 Å². The zero-order valence-electron chi connectivity index (χ0n) is 6.88. The van der Waals surface area contributed by atoms with Gasteiger partial charge in [-0.3, -0.25) is 4.79 Å². The number of rotatable bonds is 2. The van der Waals surface area contributed by atoms with Crippen molar-refractivity contribution in [1.82, 2.24) is 5.32 Å². The second-order valence-electron chi connectivity index (χ2n) is 2.55. The Balaban J connectivity index is 0.00000121. The summed E-state index contributed by atoms with van der Waals surface area (Å²) >= 11 is 0. The standard InChI is InChI=1S/C7H12FNO2.ClH/c1-2-11-7(10)6-3-5(8)4-9-6;/h5-6,9H,2-4H2,1H3;1H/t5-,6-;/m0./s1. The molecule has 72 valence electrons. The molecule has 5 heteroatoms. The third kappa shape index (κ3) is 2.95. The number of ether oxygens (including phenoxy) is 1. The van der Waals surface area contributed by atoms with E-state index in [-0.39, 0.29) is 31.3 Å². The lowest BCUT2D eigenvalue weighted by atomic mass is 10.2. The highest BCUT2D eigenvalue weighted by molar-refractivity contribution is 5.85. The molecular weight excluding hydrogens is 185 g/mol. The minimum atomic E-state index is -0.899. The number of hydrogen-bond acceptors (Lipinski definition) is 3. The Bertz CT molecular complexity index is 156. The molecule has 1 aliphatic rings. The van der Waals surface area contributed by atoms with E-state index in [9.17, 15) is 9.18 Å². The first-order valence-electron chi connectivity index (χ1n) is 3.78. The Kier molecular flexibility index (Phi) is 5.17. The van der Waals surface area contributed by atoms with Gasteiger partial charge in [-0.05, 0) is 6.92 Å². The first-order chi connectivity index (χ1) is 5.24. The van der Waals surface area contributed by atoms with Crippen LogP contribution < -0.4 is 5.32 Å². The fraction of sp³-hybridized carbons (Fsp3) is 0.857. The fourth-order valence-electron chi connectivity index (χ4n) is 1.11. The summed E-state index contributed by atoms with van der Waals surface area (Å²) in [6.45, 7) is 2.36. The van der Waals surface area contributed by atoms with Gasteiger partial charge in [0, 0.05) is 13.0 Å². The van der Waals surface area contributed by atoms with Crippen LogP contribution in [-0.2, 0) is 9.53 Å². The van der Waals surface area contributed by atoms with Crippen LogP contribution in [-0.4, -0.2) is 31.3 Å². The van der Waals surface area contributed by atoms with Crippen molar-refractivity contribution in [2.75, 3.05) is 13.2 Å². The summed E-state index contributed by atoms with van der Waals surface area (Å²) in [5.41, 5.74) is 0. The molecule has 0 aromatic rings. The molecule has 0 saturated carbocycles. The minimum Gasteiger partial charge on any atom is -0.465 e. The zero-order valence-corrected chi connectivity index (χ0v) is 7.70. The fourth-order valence-corrected chi connectivity index (χ4v) is 1.11. The van der Waals surface area contributed by atoms with Crippen LogP contribution in [0, 0.1) is 0 Å². The van der Waals surface area contributed by atoms with Crippen molar-refractivity contribution in [3.63, 3.8) is 0 Å². The van der Waals surface area contributed by atoms with Crippen LogP contribution in [0.3, 0.4) is 0 Å². The SMILES string of the molecule is CCOC(=O)[C@@H]1C[C@H](F)CN1.Cl. The largest absolute Gasteiger partial charge is 0.465 e. The maximum Gasteiger partial charge on any atom is 0.323 e. The normalized spacial score (nSPS) is 27.8. The van der Waals surface area contributed by atoms with Gasteiger partial charge in [0.1, 0.15) is 12.2 Å². The van der Waals surface area contributed by atoms with E-state index in [0.717, 1.165) is 0 Å². The van der Waals surface area contributed by atoms with Crippen LogP contribution in [0.5, 0.6) is 0 Å². The van der Waals surface area contributed by atoms with Gasteiger partial charge >= 0.3 is 5.97 Å². The Morgan fingerprint density at radius 1 is 1.75 bits per heavy atom. The summed E-state index contributed by atoms with van der Waals surface area (Å²) in [5.74, 6) is -0.340. The monoisotopic (exact) mass is 197 g/mol. The van der Waals surface area contributed by atoms with Crippen molar-refractivity contribution in [3.8, 4) is 0 Å². The molecule has 1 N–H and O–H groups in total. The average Bonchev–Trinajstić information content (AvgIpc) is 2.36. The molecule has 0 amide bonds. The first-order valence-corrected chi connectivity index (χ1v) is 3.78. The van der Waals surface area contributed by atoms with Gasteiger partial charge in [-0.2, -0.15) is 0 Å². The lowest BCUT2D eigenvalue weighted by Gasteiger charge is -2.07. The van der Waals surface area contributed by atoms with Crippen molar-refractivity contribution in [1.29, 1.82) is 0 Å². The third-order valence-corrected chi connectivity index (χ3v) is 1.65. The maximum atomic E-state index is 12.5. The van der Waals surface area contributed by atoms with Crippen LogP contribution in [0.15, 0.2) is 0 Å². The maximum absolute atomic E-state index is 12.5. The average molecular weight is 198 g/mol. The molecule has 1 fully saturated rings. The third-order valence-electron chi connectivity index (χ3n) is 1.65. The molecule has 0 aliphatic carbocycles. The van der Waals surface area contributed by atoms with Gasteiger partial charge in [-0.1, -0.05) is 0 Å². The summed E-state index contributed by atoms with van der Waals surface area (Å²) in [7, 11) is 0. The van der Waals surface area contributed by atoms with Crippen LogP contribution >= 0.6 is 12.4 Å². The molecule has 0 bridgehead atoms. The molecule has 0 unspecified atom stereocenters. The molecule has 0 radical (unpaired) electrons. The first kappa shape index (κ1) is 11.6. The number of halogens is 2. The Morgan fingerprint density at radius 3 is 2.83 bits per heavy atom. The summed E-state index contributed by atoms with van der Waals surface area (Å²) < 4.78 is 17.2. The summed E-state index contributed by atoms with van der Waals surface area (Å²) in [4.78, 5) is 10.9. The Hall–Kier alpha value is -0.350. The molecule has 1 heterocycles. The summed E-state index contributed by atoms with van der Waals surface area (Å²) in [6, 6.07) is -0.426. The smallest absolute Gasteiger partial charge is 0.323 e. The Morgan fingerprint density at radius 2 is 2.42 bits per heavy atom. The van der Waals surface area contributed by atoms with Crippen molar-refractivity contribution in [3.05, 3.63) is 0 Å². The topological polar surface area (TPSA) is 38.3 Å². The van der Waals surface area contributed by atoms with Gasteiger partial charge in [0.25, 0.3) is 0 Å². The highest BCUT2D eigenvalue weighted by atomic mass is 35.5. The van der Waals surface area contributed by atoms with Crippen LogP contribution in [0.4, 0.5) is 4.39 Å². The van der Waals surface area contributed by atoms with Gasteiger partial charge in [-0.15, -0.1) is 12.4 Å². The van der Waals surface area contributed by atoms with Gasteiger partial charge in [0.15, 0.2) is 0 Å². The number of alkyl halides is 1. The second kappa shape index (κ2) is 5.32. The van der Waals surface area contributed by atoms with Gasteiger partial charge in [0.2, 0.25) is 0 Å². The van der Waals surface area contributed by atoms with E-state index in [2.05, 4.69) is 5.32 Å². The number of hydrogen-bond donors (Lipinski definition) is 1. The van der Waals surface area contributed by atoms with E-state index in [4.69, 9.17) is 4.74 Å². The lowest BCUT2D eigenvalue weighted by Crippen LogP contribution is -2.32. The van der Waals surface area contributed by atoms with Gasteiger partial charge in [-0.25, -0.2) is 4.39 Å². The van der Waals surface area contributed by atoms with Crippen molar-refractivity contribution in [2.24, 2.45) is 0 Å². The highest BCUT2D eigenvalue weighted by Gasteiger charge is 2.29. The molecule has 1 rings (SSSR count). The quantitative estimate of drug-likeness (QED) is 0.662. The minimum absolute atomic E-state index is 0. The molecule has 0 aromatic heterocycles. The van der Waals surface area contributed by atoms with E-state index < -0.39 is 12.2 Å². The Labute approximate surface area is 77.1 Å². The number of esters is 1. The van der Waals surface area contributed by atoms with E-state index in [0.29, 0.717) is 6.61 Å². The molecule has 3 nitrogen and oxygen atoms in total. The van der Waals surface area contributed by atoms with Gasteiger partial charge < -0.3 is 10.1 Å². The molecule has 1 saturated heterocycles. The molecule has 1 aliphatic heterocycles. The molecular formula is C7H13ClFNO2. The number of carbonyl (C=O) groups excluding carboxylic acids is 1. The predicted octanol–water partition coefficient (Wildman–Crippen LogP) is 0.671. The zero-order chi connectivity index (χ0) is 8.27. The van der Waals surface area contributed by atoms with Crippen LogP contribution in [0.25, 0.3) is 0 Å². The predicted molar refractivity (Wildman–Crippen MR) is 45.2 cm³/mol. The highest BCUT2D eigenvalue weighted by Crippen LogP contribution is 2.10. The summed E-state index contributed by atoms with van der Waals surface area (Å²) in [5, 5.41) is 2.74. The summed E-state index contributed by atoms with van der Waals surface area (Å²) in [6.07, 6.45) is -0.650. The number of nitrogens with one attached hydrogen (secondary N) is 1. The molecule has 0 aromatic carbocycles. The second-order valence-corrected chi connectivity index (χ2v) is 2.55. The van der Waals surface area contributed by atoms with Crippen molar-refractivity contribution < 1.29 is 13.9 Å². The van der Waals surface area contributed by atoms with Crippen molar-refractivity contribution in [2.45, 2.75) is 25.6 Å². The van der Waals surface area contributed by atoms with E-state index in [1.165, 1.54) is 0 Å². The van der Waals surface area contributed by atoms with Gasteiger partial charge in [0.05, 0.1) is 6.61 Å². The van der Waals surface area contributed by atoms with E-state index >= 15 is 0 Å². The number of carbonyl (C=O) groups is 1. The molecule has 0 spiro atoms. The van der Waals surface area contributed by atoms with Crippen LogP contribution in [0.1, 0.15) is 13.3 Å². The van der Waals surface area contributed by atoms with Crippen LogP contribution in [0.2, 0.25) is 0 Å². The van der Waals surface area contributed by atoms with Crippen molar-refractivity contribution >= 4 is 18.4 Å². The molecule has 2 atom stereocenters.